The zero-order valence-corrected chi connectivity index (χ0v) is 17.9. The Balaban J connectivity index is 1.74. The minimum atomic E-state index is -3.72. The van der Waals surface area contributed by atoms with Crippen LogP contribution in [0.15, 0.2) is 23.1 Å². The van der Waals surface area contributed by atoms with Crippen molar-refractivity contribution in [3.8, 4) is 0 Å². The normalized spacial score (nSPS) is 19.6. The van der Waals surface area contributed by atoms with Gasteiger partial charge in [-0.1, -0.05) is 18.0 Å². The number of morpholine rings is 1. The molecule has 10 heteroatoms. The van der Waals surface area contributed by atoms with Crippen LogP contribution in [0.2, 0.25) is 5.02 Å². The summed E-state index contributed by atoms with van der Waals surface area (Å²) in [5, 5.41) is 0.0682. The summed E-state index contributed by atoms with van der Waals surface area (Å²) in [6.07, 6.45) is 1.60. The molecule has 29 heavy (non-hydrogen) atoms. The van der Waals surface area contributed by atoms with Crippen molar-refractivity contribution in [3.63, 3.8) is 0 Å². The van der Waals surface area contributed by atoms with E-state index in [-0.39, 0.29) is 21.4 Å². The third kappa shape index (κ3) is 5.09. The summed E-state index contributed by atoms with van der Waals surface area (Å²) in [6.45, 7) is 4.14. The highest BCUT2D eigenvalue weighted by atomic mass is 35.5. The molecule has 0 N–H and O–H groups in total. The van der Waals surface area contributed by atoms with Crippen LogP contribution in [-0.4, -0.2) is 75.0 Å². The molecule has 2 aliphatic heterocycles. The Morgan fingerprint density at radius 1 is 1.10 bits per heavy atom. The number of ether oxygens (including phenoxy) is 2. The van der Waals surface area contributed by atoms with E-state index in [9.17, 15) is 18.0 Å². The first-order valence-corrected chi connectivity index (χ1v) is 11.5. The fourth-order valence-electron chi connectivity index (χ4n) is 3.39. The van der Waals surface area contributed by atoms with E-state index >= 15 is 0 Å². The molecule has 0 spiro atoms. The molecule has 0 unspecified atom stereocenters. The summed E-state index contributed by atoms with van der Waals surface area (Å²) in [6, 6.07) is 3.97. The minimum Gasteiger partial charge on any atom is -0.449 e. The first kappa shape index (κ1) is 22.0. The van der Waals surface area contributed by atoms with E-state index in [2.05, 4.69) is 0 Å². The number of piperidine rings is 1. The molecule has 1 aromatic carbocycles. The van der Waals surface area contributed by atoms with Gasteiger partial charge in [0.15, 0.2) is 6.10 Å². The molecule has 8 nitrogen and oxygen atoms in total. The molecule has 0 radical (unpaired) electrons. The van der Waals surface area contributed by atoms with Crippen LogP contribution in [0, 0.1) is 0 Å². The molecule has 160 valence electrons. The van der Waals surface area contributed by atoms with Gasteiger partial charge in [-0.2, -0.15) is 4.31 Å². The summed E-state index contributed by atoms with van der Waals surface area (Å²) in [5.74, 6) is -1.16. The predicted octanol–water partition coefficient (Wildman–Crippen LogP) is 1.92. The third-order valence-corrected chi connectivity index (χ3v) is 7.29. The standard InChI is InChI=1S/C19H25ClN2O6S/c1-14(18(23)21-9-11-27-12-10-21)28-19(24)16-13-15(5-6-17(16)20)29(25,26)22-7-3-2-4-8-22/h5-6,13-14H,2-4,7-12H2,1H3/t14-/m0/s1. The van der Waals surface area contributed by atoms with E-state index in [0.29, 0.717) is 39.4 Å². The highest BCUT2D eigenvalue weighted by Crippen LogP contribution is 2.26. The molecule has 2 fully saturated rings. The Hall–Kier alpha value is -1.68. The van der Waals surface area contributed by atoms with Crippen molar-refractivity contribution in [2.75, 3.05) is 39.4 Å². The first-order chi connectivity index (χ1) is 13.8. The maximum Gasteiger partial charge on any atom is 0.340 e. The van der Waals surface area contributed by atoms with Crippen LogP contribution in [0.4, 0.5) is 0 Å². The zero-order valence-electron chi connectivity index (χ0n) is 16.3. The second-order valence-electron chi connectivity index (χ2n) is 7.09. The van der Waals surface area contributed by atoms with Gasteiger partial charge in [-0.3, -0.25) is 4.79 Å². The van der Waals surface area contributed by atoms with E-state index in [1.165, 1.54) is 29.4 Å². The van der Waals surface area contributed by atoms with Gasteiger partial charge < -0.3 is 14.4 Å². The van der Waals surface area contributed by atoms with E-state index in [4.69, 9.17) is 21.1 Å². The molecule has 2 aliphatic rings. The number of sulfonamides is 1. The largest absolute Gasteiger partial charge is 0.449 e. The van der Waals surface area contributed by atoms with Gasteiger partial charge in [-0.15, -0.1) is 0 Å². The van der Waals surface area contributed by atoms with Gasteiger partial charge in [-0.05, 0) is 38.0 Å². The molecule has 1 aromatic rings. The molecule has 2 heterocycles. The topological polar surface area (TPSA) is 93.2 Å². The predicted molar refractivity (Wildman–Crippen MR) is 106 cm³/mol. The van der Waals surface area contributed by atoms with Gasteiger partial charge in [0.05, 0.1) is 28.7 Å². The molecule has 2 saturated heterocycles. The van der Waals surface area contributed by atoms with Gasteiger partial charge in [0, 0.05) is 26.2 Å². The molecule has 0 saturated carbocycles. The van der Waals surface area contributed by atoms with Crippen molar-refractivity contribution in [2.24, 2.45) is 0 Å². The first-order valence-electron chi connectivity index (χ1n) is 9.68. The van der Waals surface area contributed by atoms with Crippen LogP contribution in [0.5, 0.6) is 0 Å². The van der Waals surface area contributed by atoms with Crippen molar-refractivity contribution in [1.82, 2.24) is 9.21 Å². The van der Waals surface area contributed by atoms with Crippen LogP contribution in [0.3, 0.4) is 0 Å². The van der Waals surface area contributed by atoms with Crippen LogP contribution in [0.1, 0.15) is 36.5 Å². The fraction of sp³-hybridized carbons (Fsp3) is 0.579. The minimum absolute atomic E-state index is 0.0112. The van der Waals surface area contributed by atoms with Crippen LogP contribution in [-0.2, 0) is 24.3 Å². The second kappa shape index (κ2) is 9.42. The van der Waals surface area contributed by atoms with Crippen molar-refractivity contribution in [2.45, 2.75) is 37.2 Å². The fourth-order valence-corrected chi connectivity index (χ4v) is 5.13. The number of halogens is 1. The maximum absolute atomic E-state index is 12.9. The van der Waals surface area contributed by atoms with E-state index in [1.54, 1.807) is 4.90 Å². The van der Waals surface area contributed by atoms with E-state index < -0.39 is 22.1 Å². The average Bonchev–Trinajstić information content (AvgIpc) is 2.74. The Kier molecular flexibility index (Phi) is 7.15. The van der Waals surface area contributed by atoms with Crippen molar-refractivity contribution in [3.05, 3.63) is 28.8 Å². The molecular weight excluding hydrogens is 420 g/mol. The van der Waals surface area contributed by atoms with E-state index in [0.717, 1.165) is 19.3 Å². The van der Waals surface area contributed by atoms with Crippen molar-refractivity contribution < 1.29 is 27.5 Å². The Labute approximate surface area is 175 Å². The van der Waals surface area contributed by atoms with Crippen LogP contribution >= 0.6 is 11.6 Å². The molecule has 1 atom stereocenters. The lowest BCUT2D eigenvalue weighted by Gasteiger charge is -2.29. The summed E-state index contributed by atoms with van der Waals surface area (Å²) in [7, 11) is -3.72. The third-order valence-electron chi connectivity index (χ3n) is 5.06. The van der Waals surface area contributed by atoms with Crippen LogP contribution < -0.4 is 0 Å². The zero-order chi connectivity index (χ0) is 21.0. The number of hydrogen-bond acceptors (Lipinski definition) is 6. The number of carbonyl (C=O) groups is 2. The van der Waals surface area contributed by atoms with Gasteiger partial charge in [0.1, 0.15) is 0 Å². The Morgan fingerprint density at radius 2 is 1.76 bits per heavy atom. The lowest BCUT2D eigenvalue weighted by atomic mass is 10.2. The molecule has 0 bridgehead atoms. The van der Waals surface area contributed by atoms with Gasteiger partial charge >= 0.3 is 5.97 Å². The van der Waals surface area contributed by atoms with Crippen LogP contribution in [0.25, 0.3) is 0 Å². The van der Waals surface area contributed by atoms with E-state index in [1.807, 2.05) is 0 Å². The maximum atomic E-state index is 12.9. The quantitative estimate of drug-likeness (QED) is 0.644. The molecule has 1 amide bonds. The highest BCUT2D eigenvalue weighted by Gasteiger charge is 2.29. The molecule has 0 aromatic heterocycles. The Morgan fingerprint density at radius 3 is 2.41 bits per heavy atom. The summed E-state index contributed by atoms with van der Waals surface area (Å²) < 4.78 is 37.6. The lowest BCUT2D eigenvalue weighted by molar-refractivity contribution is -0.143. The smallest absolute Gasteiger partial charge is 0.340 e. The SMILES string of the molecule is C[C@H](OC(=O)c1cc(S(=O)(=O)N2CCCCC2)ccc1Cl)C(=O)N1CCOCC1. The number of rotatable bonds is 5. The highest BCUT2D eigenvalue weighted by molar-refractivity contribution is 7.89. The average molecular weight is 445 g/mol. The summed E-state index contributed by atoms with van der Waals surface area (Å²) >= 11 is 6.12. The lowest BCUT2D eigenvalue weighted by Crippen LogP contribution is -2.46. The van der Waals surface area contributed by atoms with Gasteiger partial charge in [-0.25, -0.2) is 13.2 Å². The molecule has 3 rings (SSSR count). The summed E-state index contributed by atoms with van der Waals surface area (Å²) in [4.78, 5) is 26.6. The van der Waals surface area contributed by atoms with Gasteiger partial charge in [0.25, 0.3) is 5.91 Å². The van der Waals surface area contributed by atoms with Crippen molar-refractivity contribution in [1.29, 1.82) is 0 Å². The monoisotopic (exact) mass is 444 g/mol. The number of carbonyl (C=O) groups excluding carboxylic acids is 2. The number of benzene rings is 1. The molecular formula is C19H25ClN2O6S. The number of nitrogens with zero attached hydrogens (tertiary/aromatic N) is 2. The van der Waals surface area contributed by atoms with Crippen molar-refractivity contribution >= 4 is 33.5 Å². The summed E-state index contributed by atoms with van der Waals surface area (Å²) in [5.41, 5.74) is -0.0774. The number of hydrogen-bond donors (Lipinski definition) is 0. The molecule has 0 aliphatic carbocycles. The second-order valence-corrected chi connectivity index (χ2v) is 9.44. The van der Waals surface area contributed by atoms with Gasteiger partial charge in [0.2, 0.25) is 10.0 Å². The number of amides is 1. The Bertz CT molecular complexity index is 863. The number of esters is 1.